The average molecular weight is 232 g/mol. The first-order valence-electron chi connectivity index (χ1n) is 4.85. The van der Waals surface area contributed by atoms with E-state index in [0.717, 1.165) is 24.6 Å². The minimum atomic E-state index is 0. The third-order valence-electron chi connectivity index (χ3n) is 1.86. The van der Waals surface area contributed by atoms with Gasteiger partial charge >= 0.3 is 0 Å². The zero-order chi connectivity index (χ0) is 10.2. The van der Waals surface area contributed by atoms with Crippen molar-refractivity contribution in [3.8, 4) is 11.5 Å². The van der Waals surface area contributed by atoms with Crippen molar-refractivity contribution in [1.29, 1.82) is 0 Å². The van der Waals surface area contributed by atoms with Crippen LogP contribution in [0, 0.1) is 0 Å². The number of rotatable bonds is 6. The number of hydrogen-bond donors (Lipinski definition) is 1. The number of ether oxygens (including phenoxy) is 2. The van der Waals surface area contributed by atoms with Gasteiger partial charge in [-0.3, -0.25) is 0 Å². The molecule has 0 spiro atoms. The highest BCUT2D eigenvalue weighted by Gasteiger charge is 2.00. The van der Waals surface area contributed by atoms with Crippen LogP contribution in [0.1, 0.15) is 6.92 Å². The minimum Gasteiger partial charge on any atom is -0.493 e. The zero-order valence-corrected chi connectivity index (χ0v) is 9.97. The molecule has 0 bridgehead atoms. The van der Waals surface area contributed by atoms with Crippen molar-refractivity contribution in [1.82, 2.24) is 5.32 Å². The monoisotopic (exact) mass is 231 g/mol. The van der Waals surface area contributed by atoms with Crippen LogP contribution in [-0.4, -0.2) is 26.8 Å². The molecule has 0 saturated carbocycles. The van der Waals surface area contributed by atoms with Crippen LogP contribution in [0.2, 0.25) is 0 Å². The van der Waals surface area contributed by atoms with E-state index in [1.807, 2.05) is 24.3 Å². The summed E-state index contributed by atoms with van der Waals surface area (Å²) in [5.74, 6) is 1.58. The maximum atomic E-state index is 5.54. The summed E-state index contributed by atoms with van der Waals surface area (Å²) in [4.78, 5) is 0. The third kappa shape index (κ3) is 4.91. The van der Waals surface area contributed by atoms with Gasteiger partial charge in [0.25, 0.3) is 0 Å². The van der Waals surface area contributed by atoms with Gasteiger partial charge in [0.1, 0.15) is 6.61 Å². The second kappa shape index (κ2) is 8.38. The van der Waals surface area contributed by atoms with Crippen LogP contribution in [0.5, 0.6) is 11.5 Å². The van der Waals surface area contributed by atoms with Crippen molar-refractivity contribution in [3.05, 3.63) is 24.3 Å². The molecule has 0 atom stereocenters. The Bertz CT molecular complexity index is 269. The lowest BCUT2D eigenvalue weighted by atomic mass is 10.3. The number of para-hydroxylation sites is 2. The lowest BCUT2D eigenvalue weighted by Crippen LogP contribution is -2.20. The molecule has 0 fully saturated rings. The largest absolute Gasteiger partial charge is 0.493 e. The Kier molecular flexibility index (Phi) is 7.86. The van der Waals surface area contributed by atoms with Gasteiger partial charge in [0.05, 0.1) is 7.11 Å². The number of hydrogen-bond acceptors (Lipinski definition) is 3. The van der Waals surface area contributed by atoms with Gasteiger partial charge in [0, 0.05) is 6.54 Å². The summed E-state index contributed by atoms with van der Waals surface area (Å²) in [5, 5.41) is 3.19. The van der Waals surface area contributed by atoms with Crippen LogP contribution in [0.25, 0.3) is 0 Å². The van der Waals surface area contributed by atoms with Gasteiger partial charge in [-0.25, -0.2) is 0 Å². The Labute approximate surface area is 97.2 Å². The van der Waals surface area contributed by atoms with Gasteiger partial charge in [0.15, 0.2) is 11.5 Å². The molecule has 0 aliphatic rings. The van der Waals surface area contributed by atoms with E-state index in [1.54, 1.807) is 7.11 Å². The second-order valence-corrected chi connectivity index (χ2v) is 2.85. The topological polar surface area (TPSA) is 30.5 Å². The van der Waals surface area contributed by atoms with Gasteiger partial charge in [-0.15, -0.1) is 12.4 Å². The van der Waals surface area contributed by atoms with Crippen molar-refractivity contribution in [2.24, 2.45) is 0 Å². The van der Waals surface area contributed by atoms with Crippen molar-refractivity contribution < 1.29 is 9.47 Å². The van der Waals surface area contributed by atoms with E-state index in [4.69, 9.17) is 9.47 Å². The molecule has 0 aromatic heterocycles. The number of nitrogens with one attached hydrogen (secondary N) is 1. The molecule has 4 heteroatoms. The molecule has 0 radical (unpaired) electrons. The summed E-state index contributed by atoms with van der Waals surface area (Å²) in [5.41, 5.74) is 0. The SMILES string of the molecule is CCNCCOc1ccccc1OC.Cl. The summed E-state index contributed by atoms with van der Waals surface area (Å²) in [6, 6.07) is 7.66. The molecular formula is C11H18ClNO2. The van der Waals surface area contributed by atoms with Crippen molar-refractivity contribution in [3.63, 3.8) is 0 Å². The minimum absolute atomic E-state index is 0. The van der Waals surface area contributed by atoms with E-state index >= 15 is 0 Å². The van der Waals surface area contributed by atoms with Crippen LogP contribution in [0.4, 0.5) is 0 Å². The average Bonchev–Trinajstić information content (AvgIpc) is 2.25. The van der Waals surface area contributed by atoms with E-state index in [0.29, 0.717) is 6.61 Å². The van der Waals surface area contributed by atoms with Gasteiger partial charge in [-0.1, -0.05) is 19.1 Å². The Balaban J connectivity index is 0.00000196. The molecule has 0 saturated heterocycles. The summed E-state index contributed by atoms with van der Waals surface area (Å²) in [7, 11) is 1.65. The summed E-state index contributed by atoms with van der Waals surface area (Å²) >= 11 is 0. The van der Waals surface area contributed by atoms with Crippen molar-refractivity contribution in [2.75, 3.05) is 26.8 Å². The normalized spacial score (nSPS) is 9.20. The summed E-state index contributed by atoms with van der Waals surface area (Å²) < 4.78 is 10.7. The predicted octanol–water partition coefficient (Wildman–Crippen LogP) is 2.11. The highest BCUT2D eigenvalue weighted by atomic mass is 35.5. The lowest BCUT2D eigenvalue weighted by molar-refractivity contribution is 0.293. The van der Waals surface area contributed by atoms with Crippen LogP contribution in [0.15, 0.2) is 24.3 Å². The number of likely N-dealkylation sites (N-methyl/N-ethyl adjacent to an activating group) is 1. The molecule has 1 N–H and O–H groups in total. The second-order valence-electron chi connectivity index (χ2n) is 2.85. The molecular weight excluding hydrogens is 214 g/mol. The molecule has 15 heavy (non-hydrogen) atoms. The fraction of sp³-hybridized carbons (Fsp3) is 0.455. The molecule has 1 aromatic rings. The van der Waals surface area contributed by atoms with E-state index in [1.165, 1.54) is 0 Å². The molecule has 0 amide bonds. The van der Waals surface area contributed by atoms with Crippen molar-refractivity contribution in [2.45, 2.75) is 6.92 Å². The van der Waals surface area contributed by atoms with Crippen LogP contribution in [-0.2, 0) is 0 Å². The molecule has 1 rings (SSSR count). The molecule has 3 nitrogen and oxygen atoms in total. The number of methoxy groups -OCH3 is 1. The first-order valence-corrected chi connectivity index (χ1v) is 4.85. The first-order chi connectivity index (χ1) is 6.88. The van der Waals surface area contributed by atoms with Gasteiger partial charge in [-0.2, -0.15) is 0 Å². The van der Waals surface area contributed by atoms with Gasteiger partial charge in [0.2, 0.25) is 0 Å². The lowest BCUT2D eigenvalue weighted by Gasteiger charge is -2.09. The smallest absolute Gasteiger partial charge is 0.161 e. The molecule has 86 valence electrons. The molecule has 0 aliphatic heterocycles. The maximum absolute atomic E-state index is 5.54. The zero-order valence-electron chi connectivity index (χ0n) is 9.16. The highest BCUT2D eigenvalue weighted by molar-refractivity contribution is 5.85. The Morgan fingerprint density at radius 3 is 2.47 bits per heavy atom. The van der Waals surface area contributed by atoms with Crippen molar-refractivity contribution >= 4 is 12.4 Å². The fourth-order valence-corrected chi connectivity index (χ4v) is 1.15. The maximum Gasteiger partial charge on any atom is 0.161 e. The molecule has 0 aliphatic carbocycles. The molecule has 0 heterocycles. The van der Waals surface area contributed by atoms with Gasteiger partial charge < -0.3 is 14.8 Å². The highest BCUT2D eigenvalue weighted by Crippen LogP contribution is 2.25. The molecule has 1 aromatic carbocycles. The Morgan fingerprint density at radius 1 is 1.20 bits per heavy atom. The summed E-state index contributed by atoms with van der Waals surface area (Å²) in [6.45, 7) is 4.56. The predicted molar refractivity (Wildman–Crippen MR) is 64.3 cm³/mol. The van der Waals surface area contributed by atoms with E-state index < -0.39 is 0 Å². The third-order valence-corrected chi connectivity index (χ3v) is 1.86. The fourth-order valence-electron chi connectivity index (χ4n) is 1.15. The Morgan fingerprint density at radius 2 is 1.87 bits per heavy atom. The van der Waals surface area contributed by atoms with Gasteiger partial charge in [-0.05, 0) is 18.7 Å². The first kappa shape index (κ1) is 14.1. The number of benzene rings is 1. The van der Waals surface area contributed by atoms with Crippen LogP contribution in [0.3, 0.4) is 0 Å². The van der Waals surface area contributed by atoms with E-state index in [2.05, 4.69) is 12.2 Å². The Hall–Kier alpha value is -0.930. The summed E-state index contributed by atoms with van der Waals surface area (Å²) in [6.07, 6.45) is 0. The quantitative estimate of drug-likeness (QED) is 0.761. The number of halogens is 1. The van der Waals surface area contributed by atoms with E-state index in [9.17, 15) is 0 Å². The standard InChI is InChI=1S/C11H17NO2.ClH/c1-3-12-8-9-14-11-7-5-4-6-10(11)13-2;/h4-7,12H,3,8-9H2,1-2H3;1H. The van der Waals surface area contributed by atoms with Crippen LogP contribution < -0.4 is 14.8 Å². The van der Waals surface area contributed by atoms with E-state index in [-0.39, 0.29) is 12.4 Å². The van der Waals surface area contributed by atoms with Crippen LogP contribution >= 0.6 is 12.4 Å². The molecule has 0 unspecified atom stereocenters.